The first-order valence-corrected chi connectivity index (χ1v) is 9.17. The summed E-state index contributed by atoms with van der Waals surface area (Å²) in [6.07, 6.45) is -0.545. The van der Waals surface area contributed by atoms with E-state index in [0.717, 1.165) is 28.0 Å². The Labute approximate surface area is 156 Å². The predicted octanol–water partition coefficient (Wildman–Crippen LogP) is 3.23. The minimum Gasteiger partial charge on any atom is -0.497 e. The quantitative estimate of drug-likeness (QED) is 0.613. The Balaban J connectivity index is 1.55. The first-order valence-electron chi connectivity index (χ1n) is 8.18. The molecule has 7 heteroatoms. The third kappa shape index (κ3) is 4.56. The highest BCUT2D eigenvalue weighted by atomic mass is 32.2. The van der Waals surface area contributed by atoms with E-state index in [4.69, 9.17) is 9.47 Å². The van der Waals surface area contributed by atoms with Crippen LogP contribution in [0.15, 0.2) is 59.8 Å². The highest BCUT2D eigenvalue weighted by Crippen LogP contribution is 2.24. The highest BCUT2D eigenvalue weighted by Gasteiger charge is 2.13. The summed E-state index contributed by atoms with van der Waals surface area (Å²) >= 11 is 1.46. The van der Waals surface area contributed by atoms with Gasteiger partial charge in [0.1, 0.15) is 18.1 Å². The summed E-state index contributed by atoms with van der Waals surface area (Å²) in [4.78, 5) is 0. The van der Waals surface area contributed by atoms with Crippen LogP contribution in [0, 0.1) is 0 Å². The number of hydrogen-bond acceptors (Lipinski definition) is 6. The molecule has 0 spiro atoms. The molecule has 6 nitrogen and oxygen atoms in total. The molecule has 0 aliphatic carbocycles. The fraction of sp³-hybridized carbons (Fsp3) is 0.263. The molecule has 1 unspecified atom stereocenters. The van der Waals surface area contributed by atoms with Crippen LogP contribution in [0.3, 0.4) is 0 Å². The molecule has 26 heavy (non-hydrogen) atoms. The maximum atomic E-state index is 10.3. The van der Waals surface area contributed by atoms with Crippen LogP contribution < -0.4 is 9.47 Å². The molecule has 2 aromatic carbocycles. The molecule has 0 fully saturated rings. The second kappa shape index (κ2) is 8.73. The van der Waals surface area contributed by atoms with Crippen molar-refractivity contribution < 1.29 is 14.6 Å². The van der Waals surface area contributed by atoms with Crippen molar-refractivity contribution in [3.8, 4) is 11.5 Å². The summed E-state index contributed by atoms with van der Waals surface area (Å²) in [6.45, 7) is 0.317. The molecule has 0 saturated carbocycles. The maximum absolute atomic E-state index is 10.3. The second-order valence-corrected chi connectivity index (χ2v) is 6.65. The monoisotopic (exact) mass is 371 g/mol. The number of rotatable bonds is 8. The molecule has 3 aromatic rings. The van der Waals surface area contributed by atoms with Crippen LogP contribution >= 0.6 is 11.8 Å². The summed E-state index contributed by atoms with van der Waals surface area (Å²) in [7, 11) is 3.52. The number of aromatic nitrogens is 3. The summed E-state index contributed by atoms with van der Waals surface area (Å²) < 4.78 is 12.8. The Morgan fingerprint density at radius 3 is 2.42 bits per heavy atom. The van der Waals surface area contributed by atoms with Crippen molar-refractivity contribution in [2.24, 2.45) is 7.05 Å². The van der Waals surface area contributed by atoms with E-state index >= 15 is 0 Å². The lowest BCUT2D eigenvalue weighted by molar-refractivity contribution is 0.204. The zero-order valence-electron chi connectivity index (χ0n) is 14.7. The molecule has 3 rings (SSSR count). The van der Waals surface area contributed by atoms with Crippen LogP contribution in [-0.2, 0) is 13.7 Å². The van der Waals surface area contributed by atoms with Crippen molar-refractivity contribution in [2.75, 3.05) is 12.9 Å². The van der Waals surface area contributed by atoms with E-state index in [9.17, 15) is 5.11 Å². The molecule has 0 amide bonds. The van der Waals surface area contributed by atoms with Crippen molar-refractivity contribution >= 4 is 11.8 Å². The van der Waals surface area contributed by atoms with E-state index in [1.165, 1.54) is 11.8 Å². The highest BCUT2D eigenvalue weighted by molar-refractivity contribution is 7.99. The zero-order valence-corrected chi connectivity index (χ0v) is 15.5. The molecule has 1 aromatic heterocycles. The maximum Gasteiger partial charge on any atom is 0.191 e. The number of hydrogen-bond donors (Lipinski definition) is 1. The van der Waals surface area contributed by atoms with Gasteiger partial charge < -0.3 is 19.1 Å². The lowest BCUT2D eigenvalue weighted by atomic mass is 10.1. The molecule has 0 radical (unpaired) electrons. The predicted molar refractivity (Wildman–Crippen MR) is 100 cm³/mol. The fourth-order valence-electron chi connectivity index (χ4n) is 2.34. The number of ether oxygens (including phenoxy) is 2. The molecule has 0 bridgehead atoms. The fourth-order valence-corrected chi connectivity index (χ4v) is 3.24. The third-order valence-electron chi connectivity index (χ3n) is 3.91. The normalized spacial score (nSPS) is 12.0. The van der Waals surface area contributed by atoms with Crippen LogP contribution in [0.4, 0.5) is 0 Å². The molecule has 1 atom stereocenters. The van der Waals surface area contributed by atoms with Gasteiger partial charge in [0.05, 0.1) is 13.2 Å². The van der Waals surface area contributed by atoms with Gasteiger partial charge in [-0.15, -0.1) is 10.2 Å². The van der Waals surface area contributed by atoms with Gasteiger partial charge in [0.2, 0.25) is 0 Å². The van der Waals surface area contributed by atoms with E-state index in [1.807, 2.05) is 66.2 Å². The van der Waals surface area contributed by atoms with E-state index in [0.29, 0.717) is 12.4 Å². The zero-order chi connectivity index (χ0) is 18.4. The SMILES string of the molecule is COc1ccc(OCc2nnc(SCC(O)c3ccccc3)n2C)cc1. The van der Waals surface area contributed by atoms with Gasteiger partial charge in [-0.3, -0.25) is 0 Å². The van der Waals surface area contributed by atoms with Crippen LogP contribution in [0.5, 0.6) is 11.5 Å². The average molecular weight is 371 g/mol. The van der Waals surface area contributed by atoms with Gasteiger partial charge in [-0.2, -0.15) is 0 Å². The number of nitrogens with zero attached hydrogens (tertiary/aromatic N) is 3. The van der Waals surface area contributed by atoms with Crippen LogP contribution in [0.1, 0.15) is 17.5 Å². The first kappa shape index (κ1) is 18.3. The molecular formula is C19H21N3O3S. The summed E-state index contributed by atoms with van der Waals surface area (Å²) in [6, 6.07) is 17.0. The summed E-state index contributed by atoms with van der Waals surface area (Å²) in [5, 5.41) is 19.4. The molecule has 0 aliphatic heterocycles. The summed E-state index contributed by atoms with van der Waals surface area (Å²) in [5.41, 5.74) is 0.894. The molecule has 1 heterocycles. The van der Waals surface area contributed by atoms with Crippen LogP contribution in [0.25, 0.3) is 0 Å². The van der Waals surface area contributed by atoms with Gasteiger partial charge in [-0.25, -0.2) is 0 Å². The number of methoxy groups -OCH3 is 1. The van der Waals surface area contributed by atoms with Gasteiger partial charge in [-0.05, 0) is 29.8 Å². The van der Waals surface area contributed by atoms with E-state index in [-0.39, 0.29) is 0 Å². The minimum atomic E-state index is -0.545. The van der Waals surface area contributed by atoms with Gasteiger partial charge in [0.25, 0.3) is 0 Å². The Bertz CT molecular complexity index is 822. The van der Waals surface area contributed by atoms with Gasteiger partial charge in [-0.1, -0.05) is 42.1 Å². The Kier molecular flexibility index (Phi) is 6.14. The minimum absolute atomic E-state index is 0.317. The average Bonchev–Trinajstić information content (AvgIpc) is 3.05. The lowest BCUT2D eigenvalue weighted by Crippen LogP contribution is -2.05. The Morgan fingerprint density at radius 1 is 1.04 bits per heavy atom. The van der Waals surface area contributed by atoms with E-state index in [1.54, 1.807) is 7.11 Å². The molecular weight excluding hydrogens is 350 g/mol. The van der Waals surface area contributed by atoms with E-state index in [2.05, 4.69) is 10.2 Å². The van der Waals surface area contributed by atoms with Gasteiger partial charge in [0.15, 0.2) is 11.0 Å². The topological polar surface area (TPSA) is 69.4 Å². The summed E-state index contributed by atoms with van der Waals surface area (Å²) in [5.74, 6) is 2.75. The molecule has 136 valence electrons. The number of benzene rings is 2. The Morgan fingerprint density at radius 2 is 1.73 bits per heavy atom. The number of aliphatic hydroxyl groups excluding tert-OH is 1. The standard InChI is InChI=1S/C19H21N3O3S/c1-22-18(12-25-16-10-8-15(24-2)9-11-16)20-21-19(22)26-13-17(23)14-6-4-3-5-7-14/h3-11,17,23H,12-13H2,1-2H3. The van der Waals surface area contributed by atoms with Crippen molar-refractivity contribution in [3.63, 3.8) is 0 Å². The second-order valence-electron chi connectivity index (χ2n) is 5.66. The lowest BCUT2D eigenvalue weighted by Gasteiger charge is -2.10. The van der Waals surface area contributed by atoms with Gasteiger partial charge >= 0.3 is 0 Å². The van der Waals surface area contributed by atoms with Crippen LogP contribution in [-0.4, -0.2) is 32.7 Å². The van der Waals surface area contributed by atoms with Crippen LogP contribution in [0.2, 0.25) is 0 Å². The smallest absolute Gasteiger partial charge is 0.191 e. The van der Waals surface area contributed by atoms with E-state index < -0.39 is 6.10 Å². The van der Waals surface area contributed by atoms with Gasteiger partial charge in [0, 0.05) is 12.8 Å². The number of thioether (sulfide) groups is 1. The molecule has 0 aliphatic rings. The first-order chi connectivity index (χ1) is 12.7. The van der Waals surface area contributed by atoms with Crippen molar-refractivity contribution in [1.82, 2.24) is 14.8 Å². The largest absolute Gasteiger partial charge is 0.497 e. The van der Waals surface area contributed by atoms with Crippen molar-refractivity contribution in [3.05, 3.63) is 66.0 Å². The van der Waals surface area contributed by atoms with Crippen molar-refractivity contribution in [2.45, 2.75) is 17.9 Å². The number of aliphatic hydroxyl groups is 1. The van der Waals surface area contributed by atoms with Crippen molar-refractivity contribution in [1.29, 1.82) is 0 Å². The molecule has 1 N–H and O–H groups in total. The Hall–Kier alpha value is -2.51. The third-order valence-corrected chi connectivity index (χ3v) is 5.00. The molecule has 0 saturated heterocycles.